The van der Waals surface area contributed by atoms with Crippen LogP contribution in [0.3, 0.4) is 0 Å². The third-order valence-electron chi connectivity index (χ3n) is 6.44. The summed E-state index contributed by atoms with van der Waals surface area (Å²) in [5, 5.41) is 20.8. The minimum absolute atomic E-state index is 0.0678. The monoisotopic (exact) mass is 550 g/mol. The molecule has 206 valence electrons. The number of aliphatic hydroxyl groups is 2. The van der Waals surface area contributed by atoms with Gasteiger partial charge in [-0.2, -0.15) is 0 Å². The Morgan fingerprint density at radius 1 is 1.00 bits per heavy atom. The largest absolute Gasteiger partial charge is 0.491 e. The van der Waals surface area contributed by atoms with E-state index in [4.69, 9.17) is 13.9 Å². The smallest absolute Gasteiger partial charge is 0.203 e. The molecule has 1 aliphatic heterocycles. The summed E-state index contributed by atoms with van der Waals surface area (Å²) in [5.74, 6) is 2.10. The van der Waals surface area contributed by atoms with Crippen LogP contribution < -0.4 is 14.7 Å². The van der Waals surface area contributed by atoms with Crippen molar-refractivity contribution in [1.82, 2.24) is 4.58 Å². The van der Waals surface area contributed by atoms with Crippen molar-refractivity contribution in [3.63, 3.8) is 0 Å². The molecule has 0 spiro atoms. The topological polar surface area (TPSA) is 92.1 Å². The molecule has 1 aliphatic carbocycles. The van der Waals surface area contributed by atoms with Gasteiger partial charge in [-0.05, 0) is 42.7 Å². The van der Waals surface area contributed by atoms with Crippen molar-refractivity contribution >= 4 is 27.8 Å². The van der Waals surface area contributed by atoms with E-state index in [1.54, 1.807) is 6.92 Å². The third kappa shape index (κ3) is 7.28. The summed E-state index contributed by atoms with van der Waals surface area (Å²) in [6.45, 7) is 6.16. The summed E-state index contributed by atoms with van der Waals surface area (Å²) < 4.78 is 20.2. The fourth-order valence-corrected chi connectivity index (χ4v) is 5.19. The van der Waals surface area contributed by atoms with E-state index in [0.29, 0.717) is 31.1 Å². The number of nitrogens with zero attached hydrogens (tertiary/aromatic N) is 1. The highest BCUT2D eigenvalue weighted by atomic mass is 32.2. The molecule has 0 saturated carbocycles. The van der Waals surface area contributed by atoms with Crippen LogP contribution in [0, 0.1) is 0 Å². The van der Waals surface area contributed by atoms with Crippen LogP contribution in [0.25, 0.3) is 33.4 Å². The Kier molecular flexibility index (Phi) is 10.6. The van der Waals surface area contributed by atoms with Gasteiger partial charge in [0.05, 0.1) is 19.3 Å². The molecule has 2 aromatic carbocycles. The summed E-state index contributed by atoms with van der Waals surface area (Å²) in [4.78, 5) is 11.2. The summed E-state index contributed by atoms with van der Waals surface area (Å²) in [5.41, 5.74) is 4.81. The third-order valence-corrected chi connectivity index (χ3v) is 7.34. The molecule has 2 aromatic rings. The molecular weight excluding hydrogens is 514 g/mol. The van der Waals surface area contributed by atoms with Crippen molar-refractivity contribution in [1.29, 1.82) is 0 Å². The lowest BCUT2D eigenvalue weighted by Gasteiger charge is -2.18. The van der Waals surface area contributed by atoms with Crippen LogP contribution >= 0.6 is 11.8 Å². The van der Waals surface area contributed by atoms with Gasteiger partial charge >= 0.3 is 0 Å². The summed E-state index contributed by atoms with van der Waals surface area (Å²) in [7, 11) is 0. The number of ether oxygens (including phenoxy) is 2. The molecule has 0 fully saturated rings. The number of likely N-dealkylation sites (N-methyl/N-ethyl adjacent to an activating group) is 1. The van der Waals surface area contributed by atoms with Crippen molar-refractivity contribution < 1.29 is 28.9 Å². The van der Waals surface area contributed by atoms with Crippen molar-refractivity contribution in [2.45, 2.75) is 26.9 Å². The average Bonchev–Trinajstić information content (AvgIpc) is 2.95. The van der Waals surface area contributed by atoms with E-state index >= 15 is 0 Å². The Morgan fingerprint density at radius 2 is 1.85 bits per heavy atom. The minimum Gasteiger partial charge on any atom is -0.491 e. The number of hydrogen-bond donors (Lipinski definition) is 2. The number of fused-ring (bicyclic) bond motifs is 2. The SMILES string of the molecule is CC[N+](CCO)=c1ccc2c(-c3ccccc3COCCCSC(C)=O)c3ccc(OCCO)cc3oc-2c1. The fourth-order valence-electron chi connectivity index (χ4n) is 4.64. The zero-order valence-electron chi connectivity index (χ0n) is 22.5. The predicted molar refractivity (Wildman–Crippen MR) is 156 cm³/mol. The van der Waals surface area contributed by atoms with Crippen LogP contribution in [0.2, 0.25) is 0 Å². The summed E-state index contributed by atoms with van der Waals surface area (Å²) in [6.07, 6.45) is 0.809. The number of hydrogen-bond acceptors (Lipinski definition) is 7. The quantitative estimate of drug-likeness (QED) is 0.143. The van der Waals surface area contributed by atoms with Gasteiger partial charge in [0.2, 0.25) is 5.36 Å². The highest BCUT2D eigenvalue weighted by molar-refractivity contribution is 8.13. The fraction of sp³-hybridized carbons (Fsp3) is 0.355. The molecule has 4 rings (SSSR count). The molecule has 0 atom stereocenters. The lowest BCUT2D eigenvalue weighted by molar-refractivity contribution is -0.109. The van der Waals surface area contributed by atoms with Gasteiger partial charge in [-0.1, -0.05) is 36.0 Å². The first kappa shape index (κ1) is 28.8. The van der Waals surface area contributed by atoms with E-state index in [1.165, 1.54) is 11.8 Å². The molecule has 2 N–H and O–H groups in total. The van der Waals surface area contributed by atoms with E-state index < -0.39 is 0 Å². The standard InChI is InChI=1S/C31H36NO6S/c1-3-32(13-14-33)24-9-11-27-29(19-24)38-30-20-25(37-17-15-34)10-12-28(30)31(27)26-8-5-4-7-23(26)21-36-16-6-18-39-22(2)35/h4-5,7-12,19-20,33-34H,3,6,13-18,21H2,1-2H3/q+1. The maximum absolute atomic E-state index is 11.2. The van der Waals surface area contributed by atoms with E-state index in [2.05, 4.69) is 35.8 Å². The van der Waals surface area contributed by atoms with Gasteiger partial charge in [-0.25, -0.2) is 4.58 Å². The zero-order valence-corrected chi connectivity index (χ0v) is 23.3. The molecule has 8 heteroatoms. The molecule has 0 amide bonds. The molecule has 2 aliphatic rings. The highest BCUT2D eigenvalue weighted by Gasteiger charge is 2.21. The number of aliphatic hydroxyl groups excluding tert-OH is 2. The molecule has 0 saturated heterocycles. The van der Waals surface area contributed by atoms with Crippen molar-refractivity contribution in [3.8, 4) is 28.2 Å². The van der Waals surface area contributed by atoms with Crippen molar-refractivity contribution in [2.24, 2.45) is 0 Å². The van der Waals surface area contributed by atoms with Crippen molar-refractivity contribution in [2.75, 3.05) is 45.3 Å². The normalized spacial score (nSPS) is 12.2. The number of benzene rings is 3. The van der Waals surface area contributed by atoms with Crippen LogP contribution in [0.1, 0.15) is 25.8 Å². The van der Waals surface area contributed by atoms with E-state index in [1.807, 2.05) is 36.4 Å². The van der Waals surface area contributed by atoms with Crippen LogP contribution in [-0.2, 0) is 16.1 Å². The van der Waals surface area contributed by atoms with Gasteiger partial charge in [0.25, 0.3) is 0 Å². The lowest BCUT2D eigenvalue weighted by Crippen LogP contribution is -2.32. The maximum Gasteiger partial charge on any atom is 0.203 e. The van der Waals surface area contributed by atoms with E-state index in [9.17, 15) is 15.0 Å². The Labute approximate surface area is 233 Å². The van der Waals surface area contributed by atoms with Gasteiger partial charge in [0.1, 0.15) is 36.9 Å². The molecule has 0 bridgehead atoms. The van der Waals surface area contributed by atoms with E-state index in [0.717, 1.165) is 57.5 Å². The second-order valence-electron chi connectivity index (χ2n) is 9.09. The maximum atomic E-state index is 11.2. The molecule has 7 nitrogen and oxygen atoms in total. The van der Waals surface area contributed by atoms with Crippen LogP contribution in [0.5, 0.6) is 5.75 Å². The summed E-state index contributed by atoms with van der Waals surface area (Å²) in [6, 6.07) is 20.1. The molecular formula is C31H36NO6S+. The second-order valence-corrected chi connectivity index (χ2v) is 10.4. The van der Waals surface area contributed by atoms with Gasteiger partial charge in [-0.3, -0.25) is 4.79 Å². The highest BCUT2D eigenvalue weighted by Crippen LogP contribution is 2.42. The molecule has 0 aromatic heterocycles. The first-order valence-electron chi connectivity index (χ1n) is 13.3. The Hall–Kier alpha value is -3.17. The number of rotatable bonds is 13. The predicted octanol–water partition coefficient (Wildman–Crippen LogP) is 4.55. The molecule has 39 heavy (non-hydrogen) atoms. The molecule has 1 heterocycles. The first-order valence-corrected chi connectivity index (χ1v) is 14.3. The van der Waals surface area contributed by atoms with Gasteiger partial charge in [-0.15, -0.1) is 0 Å². The Morgan fingerprint density at radius 3 is 2.62 bits per heavy atom. The zero-order chi connectivity index (χ0) is 27.6. The van der Waals surface area contributed by atoms with E-state index in [-0.39, 0.29) is 24.9 Å². The minimum atomic E-state index is -0.0694. The van der Waals surface area contributed by atoms with Crippen LogP contribution in [0.15, 0.2) is 65.1 Å². The number of carbonyl (C=O) groups excluding carboxylic acids is 1. The number of carbonyl (C=O) groups is 1. The Balaban J connectivity index is 1.81. The molecule has 0 unspecified atom stereocenters. The summed E-state index contributed by atoms with van der Waals surface area (Å²) >= 11 is 1.32. The first-order chi connectivity index (χ1) is 19.0. The Bertz CT molecular complexity index is 1450. The van der Waals surface area contributed by atoms with Crippen molar-refractivity contribution in [3.05, 3.63) is 71.6 Å². The van der Waals surface area contributed by atoms with Crippen LogP contribution in [-0.4, -0.2) is 60.6 Å². The van der Waals surface area contributed by atoms with Gasteiger partial charge in [0.15, 0.2) is 11.7 Å². The lowest BCUT2D eigenvalue weighted by atomic mass is 9.91. The average molecular weight is 551 g/mol. The van der Waals surface area contributed by atoms with Gasteiger partial charge < -0.3 is 24.1 Å². The number of thioether (sulfide) groups is 1. The molecule has 0 radical (unpaired) electrons. The van der Waals surface area contributed by atoms with Crippen LogP contribution in [0.4, 0.5) is 0 Å². The van der Waals surface area contributed by atoms with Gasteiger partial charge in [0, 0.05) is 47.9 Å². The second kappa shape index (κ2) is 14.3.